The second kappa shape index (κ2) is 9.97. The van der Waals surface area contributed by atoms with E-state index < -0.39 is 9.85 Å². The summed E-state index contributed by atoms with van der Waals surface area (Å²) in [7, 11) is 0. The average molecular weight is 454 g/mol. The van der Waals surface area contributed by atoms with Crippen molar-refractivity contribution in [3.05, 3.63) is 86.2 Å². The van der Waals surface area contributed by atoms with E-state index in [1.807, 2.05) is 24.3 Å². The standard InChI is InChI=1S/C13H15N3O2.C9H5ClN2O2/c1-9(2)7-15-13-10-5-3-4-6-11(10)14-8-12(13)16(17)18;10-9-6-3-1-2-4-7(6)11-5-8(9)12(13)14/h3-6,8-9H,7H2,1-2H3,(H,14,15);1-5H. The molecule has 9 nitrogen and oxygen atoms in total. The number of fused-ring (bicyclic) bond motifs is 2. The summed E-state index contributed by atoms with van der Waals surface area (Å²) >= 11 is 5.85. The zero-order valence-electron chi connectivity index (χ0n) is 17.4. The van der Waals surface area contributed by atoms with Gasteiger partial charge in [0.2, 0.25) is 0 Å². The first-order chi connectivity index (χ1) is 15.3. The molecule has 0 saturated carbocycles. The van der Waals surface area contributed by atoms with E-state index in [9.17, 15) is 20.2 Å². The van der Waals surface area contributed by atoms with Gasteiger partial charge in [0.25, 0.3) is 0 Å². The molecule has 2 heterocycles. The largest absolute Gasteiger partial charge is 0.379 e. The van der Waals surface area contributed by atoms with Crippen LogP contribution in [0.4, 0.5) is 17.1 Å². The van der Waals surface area contributed by atoms with Gasteiger partial charge in [0.1, 0.15) is 23.1 Å². The van der Waals surface area contributed by atoms with Crippen LogP contribution in [-0.2, 0) is 0 Å². The van der Waals surface area contributed by atoms with Crippen LogP contribution in [0.25, 0.3) is 21.8 Å². The number of nitrogens with one attached hydrogen (secondary N) is 1. The fraction of sp³-hybridized carbons (Fsp3) is 0.182. The van der Waals surface area contributed by atoms with Crippen molar-refractivity contribution in [1.82, 2.24) is 9.97 Å². The first-order valence-corrected chi connectivity index (χ1v) is 10.1. The Bertz CT molecular complexity index is 1300. The Balaban J connectivity index is 0.000000186. The van der Waals surface area contributed by atoms with Crippen LogP contribution in [0.2, 0.25) is 5.02 Å². The zero-order valence-corrected chi connectivity index (χ0v) is 18.1. The summed E-state index contributed by atoms with van der Waals surface area (Å²) in [4.78, 5) is 28.7. The molecule has 2 aromatic carbocycles. The summed E-state index contributed by atoms with van der Waals surface area (Å²) < 4.78 is 0. The monoisotopic (exact) mass is 453 g/mol. The Kier molecular flexibility index (Phi) is 7.11. The van der Waals surface area contributed by atoms with E-state index >= 15 is 0 Å². The maximum absolute atomic E-state index is 11.0. The number of hydrogen-bond acceptors (Lipinski definition) is 7. The molecule has 2 aromatic heterocycles. The molecule has 0 unspecified atom stereocenters. The number of hydrogen-bond donors (Lipinski definition) is 1. The highest BCUT2D eigenvalue weighted by Gasteiger charge is 2.18. The lowest BCUT2D eigenvalue weighted by molar-refractivity contribution is -0.384. The van der Waals surface area contributed by atoms with Gasteiger partial charge >= 0.3 is 11.4 Å². The van der Waals surface area contributed by atoms with Gasteiger partial charge in [-0.2, -0.15) is 0 Å². The number of anilines is 1. The number of nitrogens with zero attached hydrogens (tertiary/aromatic N) is 4. The summed E-state index contributed by atoms with van der Waals surface area (Å²) in [5.41, 5.74) is 1.83. The molecule has 0 aliphatic heterocycles. The predicted molar refractivity (Wildman–Crippen MR) is 125 cm³/mol. The highest BCUT2D eigenvalue weighted by molar-refractivity contribution is 6.37. The third-order valence-corrected chi connectivity index (χ3v) is 4.92. The number of halogens is 1. The van der Waals surface area contributed by atoms with Gasteiger partial charge in [0.05, 0.1) is 20.9 Å². The second-order valence-electron chi connectivity index (χ2n) is 7.30. The third-order valence-electron chi connectivity index (χ3n) is 4.53. The van der Waals surface area contributed by atoms with Crippen molar-refractivity contribution < 1.29 is 9.85 Å². The van der Waals surface area contributed by atoms with Crippen molar-refractivity contribution in [1.29, 1.82) is 0 Å². The Morgan fingerprint density at radius 3 is 1.94 bits per heavy atom. The molecule has 0 saturated heterocycles. The number of benzene rings is 2. The minimum absolute atomic E-state index is 0.0225. The topological polar surface area (TPSA) is 124 Å². The molecule has 0 radical (unpaired) electrons. The zero-order chi connectivity index (χ0) is 23.3. The van der Waals surface area contributed by atoms with Crippen molar-refractivity contribution in [3.8, 4) is 0 Å². The highest BCUT2D eigenvalue weighted by atomic mass is 35.5. The van der Waals surface area contributed by atoms with Gasteiger partial charge in [0, 0.05) is 17.3 Å². The SMILES string of the molecule is CC(C)CNc1c([N+](=O)[O-])cnc2ccccc12.O=[N+]([O-])c1cnc2ccccc2c1Cl. The Morgan fingerprint density at radius 2 is 1.38 bits per heavy atom. The summed E-state index contributed by atoms with van der Waals surface area (Å²) in [6, 6.07) is 14.4. The predicted octanol–water partition coefficient (Wildman–Crippen LogP) is 6.01. The molecule has 0 bridgehead atoms. The lowest BCUT2D eigenvalue weighted by atomic mass is 10.1. The Labute approximate surface area is 188 Å². The molecule has 0 spiro atoms. The number of rotatable bonds is 5. The molecule has 0 atom stereocenters. The Hall–Kier alpha value is -3.85. The van der Waals surface area contributed by atoms with E-state index in [2.05, 4.69) is 29.1 Å². The van der Waals surface area contributed by atoms with Crippen LogP contribution in [-0.4, -0.2) is 26.4 Å². The van der Waals surface area contributed by atoms with Crippen molar-refractivity contribution in [2.45, 2.75) is 13.8 Å². The maximum atomic E-state index is 11.0. The fourth-order valence-corrected chi connectivity index (χ4v) is 3.26. The molecule has 4 aromatic rings. The van der Waals surface area contributed by atoms with Crippen LogP contribution in [0.15, 0.2) is 60.9 Å². The molecule has 4 rings (SSSR count). The van der Waals surface area contributed by atoms with Crippen LogP contribution in [0.3, 0.4) is 0 Å². The molecule has 0 fully saturated rings. The van der Waals surface area contributed by atoms with Gasteiger partial charge in [-0.1, -0.05) is 61.8 Å². The first kappa shape index (κ1) is 22.8. The number of nitro groups is 2. The molecule has 0 aliphatic rings. The third kappa shape index (κ3) is 5.06. The molecule has 10 heteroatoms. The number of para-hydroxylation sites is 2. The van der Waals surface area contributed by atoms with Gasteiger partial charge in [0.15, 0.2) is 0 Å². The maximum Gasteiger partial charge on any atom is 0.311 e. The summed E-state index contributed by atoms with van der Waals surface area (Å²) in [6.07, 6.45) is 2.48. The average Bonchev–Trinajstić information content (AvgIpc) is 2.77. The van der Waals surface area contributed by atoms with Crippen molar-refractivity contribution in [3.63, 3.8) is 0 Å². The van der Waals surface area contributed by atoms with Gasteiger partial charge in [-0.15, -0.1) is 0 Å². The van der Waals surface area contributed by atoms with Gasteiger partial charge in [-0.05, 0) is 18.1 Å². The Morgan fingerprint density at radius 1 is 0.875 bits per heavy atom. The van der Waals surface area contributed by atoms with Crippen LogP contribution >= 0.6 is 11.6 Å². The molecule has 0 amide bonds. The molecule has 0 aliphatic carbocycles. The van der Waals surface area contributed by atoms with E-state index in [0.717, 1.165) is 10.9 Å². The normalized spacial score (nSPS) is 10.6. The van der Waals surface area contributed by atoms with Gasteiger partial charge in [-0.25, -0.2) is 9.97 Å². The van der Waals surface area contributed by atoms with Gasteiger partial charge < -0.3 is 5.32 Å². The quantitative estimate of drug-likeness (QED) is 0.290. The van der Waals surface area contributed by atoms with E-state index in [4.69, 9.17) is 11.6 Å². The van der Waals surface area contributed by atoms with Crippen LogP contribution in [0.1, 0.15) is 13.8 Å². The molecule has 164 valence electrons. The first-order valence-electron chi connectivity index (χ1n) is 9.73. The minimum atomic E-state index is -0.540. The molecular weight excluding hydrogens is 434 g/mol. The molecule has 32 heavy (non-hydrogen) atoms. The highest BCUT2D eigenvalue weighted by Crippen LogP contribution is 2.32. The van der Waals surface area contributed by atoms with Crippen LogP contribution in [0.5, 0.6) is 0 Å². The summed E-state index contributed by atoms with van der Waals surface area (Å²) in [6.45, 7) is 4.80. The van der Waals surface area contributed by atoms with Crippen LogP contribution in [0, 0.1) is 26.1 Å². The smallest absolute Gasteiger partial charge is 0.311 e. The van der Waals surface area contributed by atoms with E-state index in [1.54, 1.807) is 24.3 Å². The van der Waals surface area contributed by atoms with E-state index in [-0.39, 0.29) is 16.4 Å². The van der Waals surface area contributed by atoms with Crippen molar-refractivity contribution in [2.24, 2.45) is 5.92 Å². The number of aromatic nitrogens is 2. The lowest BCUT2D eigenvalue weighted by Gasteiger charge is -2.11. The van der Waals surface area contributed by atoms with E-state index in [1.165, 1.54) is 12.4 Å². The summed E-state index contributed by atoms with van der Waals surface area (Å²) in [5, 5.41) is 26.3. The van der Waals surface area contributed by atoms with Crippen molar-refractivity contribution in [2.75, 3.05) is 11.9 Å². The molecule has 1 N–H and O–H groups in total. The van der Waals surface area contributed by atoms with E-state index in [0.29, 0.717) is 29.1 Å². The molecular formula is C22H20ClN5O4. The minimum Gasteiger partial charge on any atom is -0.379 e. The number of pyridine rings is 2. The fourth-order valence-electron chi connectivity index (χ4n) is 2.99. The summed E-state index contributed by atoms with van der Waals surface area (Å²) in [5.74, 6) is 0.413. The van der Waals surface area contributed by atoms with Gasteiger partial charge in [-0.3, -0.25) is 20.2 Å². The second-order valence-corrected chi connectivity index (χ2v) is 7.68. The lowest BCUT2D eigenvalue weighted by Crippen LogP contribution is -2.10. The van der Waals surface area contributed by atoms with Crippen molar-refractivity contribution >= 4 is 50.5 Å². The van der Waals surface area contributed by atoms with Crippen LogP contribution < -0.4 is 5.32 Å².